The summed E-state index contributed by atoms with van der Waals surface area (Å²) in [5, 5.41) is 1.43. The van der Waals surface area contributed by atoms with Gasteiger partial charge in [0.05, 0.1) is 22.9 Å². The Kier molecular flexibility index (Phi) is 4.96. The van der Waals surface area contributed by atoms with Gasteiger partial charge in [0.25, 0.3) is 0 Å². The topological polar surface area (TPSA) is 42.4 Å². The van der Waals surface area contributed by atoms with E-state index in [0.717, 1.165) is 41.2 Å². The molecule has 0 bridgehead atoms. The quantitative estimate of drug-likeness (QED) is 0.818. The van der Waals surface area contributed by atoms with Crippen molar-refractivity contribution in [3.05, 3.63) is 23.2 Å². The van der Waals surface area contributed by atoms with Gasteiger partial charge in [-0.05, 0) is 37.5 Å². The first-order valence-electron chi connectivity index (χ1n) is 7.65. The average Bonchev–Trinajstić information content (AvgIpc) is 3.13. The molecule has 1 aliphatic rings. The number of thiazole rings is 1. The third-order valence-corrected chi connectivity index (χ3v) is 5.02. The molecule has 0 aliphatic carbocycles. The Bertz CT molecular complexity index is 667. The molecule has 118 valence electrons. The Morgan fingerprint density at radius 2 is 2.41 bits per heavy atom. The zero-order chi connectivity index (χ0) is 15.5. The van der Waals surface area contributed by atoms with Crippen LogP contribution >= 0.6 is 22.9 Å². The number of carbonyl (C=O) groups is 1. The number of hydrogen-bond donors (Lipinski definition) is 0. The molecule has 1 aromatic carbocycles. The van der Waals surface area contributed by atoms with E-state index in [2.05, 4.69) is 4.98 Å². The van der Waals surface area contributed by atoms with Crippen LogP contribution in [0.25, 0.3) is 10.2 Å². The highest BCUT2D eigenvalue weighted by atomic mass is 35.5. The number of hydrogen-bond acceptors (Lipinski definition) is 4. The van der Waals surface area contributed by atoms with Crippen LogP contribution in [0, 0.1) is 0 Å². The van der Waals surface area contributed by atoms with Crippen molar-refractivity contribution < 1.29 is 9.53 Å². The van der Waals surface area contributed by atoms with Crippen molar-refractivity contribution in [1.82, 2.24) is 4.98 Å². The van der Waals surface area contributed by atoms with Gasteiger partial charge in [-0.1, -0.05) is 29.9 Å². The second kappa shape index (κ2) is 6.94. The molecule has 1 amide bonds. The summed E-state index contributed by atoms with van der Waals surface area (Å²) >= 11 is 7.55. The first kappa shape index (κ1) is 15.7. The van der Waals surface area contributed by atoms with Crippen molar-refractivity contribution in [3.63, 3.8) is 0 Å². The fourth-order valence-electron chi connectivity index (χ4n) is 2.63. The summed E-state index contributed by atoms with van der Waals surface area (Å²) in [6.07, 6.45) is 3.56. The number of nitrogens with zero attached hydrogens (tertiary/aromatic N) is 2. The zero-order valence-electron chi connectivity index (χ0n) is 12.5. The maximum absolute atomic E-state index is 12.5. The highest BCUT2D eigenvalue weighted by Gasteiger charge is 2.25. The van der Waals surface area contributed by atoms with Crippen molar-refractivity contribution in [2.75, 3.05) is 18.1 Å². The number of ether oxygens (including phenoxy) is 1. The summed E-state index contributed by atoms with van der Waals surface area (Å²) in [6.45, 7) is 3.39. The predicted molar refractivity (Wildman–Crippen MR) is 90.9 cm³/mol. The zero-order valence-corrected chi connectivity index (χ0v) is 14.1. The number of fused-ring (bicyclic) bond motifs is 1. The molecule has 1 atom stereocenters. The highest BCUT2D eigenvalue weighted by Crippen LogP contribution is 2.32. The molecular weight excluding hydrogens is 320 g/mol. The predicted octanol–water partition coefficient (Wildman–Crippen LogP) is 4.26. The van der Waals surface area contributed by atoms with Gasteiger partial charge in [0.2, 0.25) is 5.91 Å². The number of aromatic nitrogens is 1. The molecule has 0 radical (unpaired) electrons. The molecule has 0 saturated carbocycles. The lowest BCUT2D eigenvalue weighted by atomic mass is 10.2. The average molecular weight is 339 g/mol. The molecule has 1 saturated heterocycles. The molecule has 1 fully saturated rings. The van der Waals surface area contributed by atoms with Gasteiger partial charge < -0.3 is 4.74 Å². The fraction of sp³-hybridized carbons (Fsp3) is 0.500. The third-order valence-electron chi connectivity index (χ3n) is 3.75. The fourth-order valence-corrected chi connectivity index (χ4v) is 3.90. The minimum atomic E-state index is 0.114. The van der Waals surface area contributed by atoms with E-state index in [-0.39, 0.29) is 12.0 Å². The number of carbonyl (C=O) groups excluding carboxylic acids is 1. The van der Waals surface area contributed by atoms with Gasteiger partial charge in [-0.3, -0.25) is 9.69 Å². The van der Waals surface area contributed by atoms with Crippen molar-refractivity contribution in [1.29, 1.82) is 0 Å². The Morgan fingerprint density at radius 1 is 1.55 bits per heavy atom. The Morgan fingerprint density at radius 3 is 3.14 bits per heavy atom. The number of rotatable bonds is 5. The summed E-state index contributed by atoms with van der Waals surface area (Å²) < 4.78 is 6.69. The van der Waals surface area contributed by atoms with Gasteiger partial charge >= 0.3 is 0 Å². The molecule has 0 N–H and O–H groups in total. The normalized spacial score (nSPS) is 18.0. The second-order valence-electron chi connectivity index (χ2n) is 5.50. The first-order chi connectivity index (χ1) is 10.7. The SMILES string of the molecule is CCCC(=O)N(CC1CCCO1)c1nc2ccc(Cl)cc2s1. The van der Waals surface area contributed by atoms with Crippen LogP contribution in [0.4, 0.5) is 5.13 Å². The molecular formula is C16H19ClN2O2S. The van der Waals surface area contributed by atoms with Crippen LogP contribution in [0.15, 0.2) is 18.2 Å². The maximum atomic E-state index is 12.5. The summed E-state index contributed by atoms with van der Waals surface area (Å²) in [7, 11) is 0. The van der Waals surface area contributed by atoms with Gasteiger partial charge in [-0.2, -0.15) is 0 Å². The number of amides is 1. The van der Waals surface area contributed by atoms with Gasteiger partial charge in [0.15, 0.2) is 5.13 Å². The largest absolute Gasteiger partial charge is 0.376 e. The molecule has 1 aromatic heterocycles. The monoisotopic (exact) mass is 338 g/mol. The molecule has 2 aromatic rings. The van der Waals surface area contributed by atoms with Crippen molar-refractivity contribution in [3.8, 4) is 0 Å². The van der Waals surface area contributed by atoms with E-state index in [4.69, 9.17) is 16.3 Å². The van der Waals surface area contributed by atoms with E-state index >= 15 is 0 Å². The lowest BCUT2D eigenvalue weighted by Gasteiger charge is -2.22. The molecule has 4 nitrogen and oxygen atoms in total. The first-order valence-corrected chi connectivity index (χ1v) is 8.85. The Labute approximate surface area is 139 Å². The van der Waals surface area contributed by atoms with E-state index in [0.29, 0.717) is 18.0 Å². The molecule has 22 heavy (non-hydrogen) atoms. The number of benzene rings is 1. The van der Waals surface area contributed by atoms with Crippen LogP contribution in [0.1, 0.15) is 32.6 Å². The lowest BCUT2D eigenvalue weighted by molar-refractivity contribution is -0.119. The van der Waals surface area contributed by atoms with Crippen molar-refractivity contribution >= 4 is 44.2 Å². The molecule has 0 spiro atoms. The van der Waals surface area contributed by atoms with Crippen LogP contribution in [0.3, 0.4) is 0 Å². The van der Waals surface area contributed by atoms with Crippen LogP contribution in [-0.2, 0) is 9.53 Å². The van der Waals surface area contributed by atoms with E-state index in [9.17, 15) is 4.79 Å². The molecule has 3 rings (SSSR count). The van der Waals surface area contributed by atoms with Crippen molar-refractivity contribution in [2.45, 2.75) is 38.7 Å². The number of halogens is 1. The smallest absolute Gasteiger partial charge is 0.228 e. The molecule has 2 heterocycles. The van der Waals surface area contributed by atoms with Gasteiger partial charge in [-0.15, -0.1) is 0 Å². The third kappa shape index (κ3) is 3.42. The van der Waals surface area contributed by atoms with E-state index in [1.165, 1.54) is 11.3 Å². The Hall–Kier alpha value is -1.17. The summed E-state index contributed by atoms with van der Waals surface area (Å²) in [4.78, 5) is 18.9. The second-order valence-corrected chi connectivity index (χ2v) is 6.94. The van der Waals surface area contributed by atoms with E-state index < -0.39 is 0 Å². The van der Waals surface area contributed by atoms with Crippen LogP contribution in [-0.4, -0.2) is 30.1 Å². The Balaban J connectivity index is 1.89. The summed E-state index contributed by atoms with van der Waals surface area (Å²) in [6, 6.07) is 5.62. The van der Waals surface area contributed by atoms with Crippen LogP contribution in [0.5, 0.6) is 0 Å². The molecule has 6 heteroatoms. The van der Waals surface area contributed by atoms with Gasteiger partial charge in [0, 0.05) is 18.1 Å². The minimum Gasteiger partial charge on any atom is -0.376 e. The summed E-state index contributed by atoms with van der Waals surface area (Å²) in [5.74, 6) is 0.114. The van der Waals surface area contributed by atoms with E-state index in [1.54, 1.807) is 4.90 Å². The van der Waals surface area contributed by atoms with Gasteiger partial charge in [0.1, 0.15) is 0 Å². The van der Waals surface area contributed by atoms with E-state index in [1.807, 2.05) is 25.1 Å². The van der Waals surface area contributed by atoms with Gasteiger partial charge in [-0.25, -0.2) is 4.98 Å². The maximum Gasteiger partial charge on any atom is 0.228 e. The molecule has 1 aliphatic heterocycles. The summed E-state index contributed by atoms with van der Waals surface area (Å²) in [5.41, 5.74) is 0.881. The lowest BCUT2D eigenvalue weighted by Crippen LogP contribution is -2.37. The van der Waals surface area contributed by atoms with Crippen molar-refractivity contribution in [2.24, 2.45) is 0 Å². The molecule has 1 unspecified atom stereocenters. The standard InChI is InChI=1S/C16H19ClN2O2S/c1-2-4-15(20)19(10-12-5-3-8-21-12)16-18-13-7-6-11(17)9-14(13)22-16/h6-7,9,12H,2-5,8,10H2,1H3. The van der Waals surface area contributed by atoms with Crippen LogP contribution < -0.4 is 4.90 Å². The highest BCUT2D eigenvalue weighted by molar-refractivity contribution is 7.22. The minimum absolute atomic E-state index is 0.114. The number of anilines is 1. The van der Waals surface area contributed by atoms with Crippen LogP contribution in [0.2, 0.25) is 5.02 Å².